The topological polar surface area (TPSA) is 265 Å². The fourth-order valence-electron chi connectivity index (χ4n) is 4.45. The summed E-state index contributed by atoms with van der Waals surface area (Å²) in [5, 5.41) is 25.6. The first-order valence-corrected chi connectivity index (χ1v) is 14.3. The molecule has 0 aliphatic heterocycles. The van der Waals surface area contributed by atoms with Gasteiger partial charge in [0.1, 0.15) is 23.8 Å². The molecular formula is C30H39N9O6. The van der Waals surface area contributed by atoms with Gasteiger partial charge in [-0.05, 0) is 55.9 Å². The van der Waals surface area contributed by atoms with Gasteiger partial charge < -0.3 is 47.6 Å². The predicted molar refractivity (Wildman–Crippen MR) is 170 cm³/mol. The number of carbonyl (C=O) groups is 3. The van der Waals surface area contributed by atoms with Gasteiger partial charge in [0.05, 0.1) is 6.04 Å². The van der Waals surface area contributed by atoms with E-state index < -0.39 is 35.5 Å². The van der Waals surface area contributed by atoms with Gasteiger partial charge in [0.2, 0.25) is 11.8 Å². The smallest absolute Gasteiger partial charge is 0.351 e. The zero-order chi connectivity index (χ0) is 32.9. The molecule has 15 heteroatoms. The Bertz CT molecular complexity index is 1590. The van der Waals surface area contributed by atoms with Crippen molar-refractivity contribution in [2.45, 2.75) is 51.3 Å². The molecule has 3 aromatic rings. The van der Waals surface area contributed by atoms with Crippen molar-refractivity contribution in [2.24, 2.45) is 17.2 Å². The maximum absolute atomic E-state index is 13.3. The summed E-state index contributed by atoms with van der Waals surface area (Å²) >= 11 is 0. The minimum Gasteiger partial charge on any atom is -0.457 e. The van der Waals surface area contributed by atoms with Crippen molar-refractivity contribution in [2.75, 3.05) is 18.4 Å². The van der Waals surface area contributed by atoms with Crippen molar-refractivity contribution < 1.29 is 23.5 Å². The van der Waals surface area contributed by atoms with Crippen LogP contribution >= 0.6 is 0 Å². The van der Waals surface area contributed by atoms with Crippen LogP contribution < -0.4 is 44.1 Å². The number of nitrogens with two attached hydrogens (primary N) is 3. The number of hydrogen-bond acceptors (Lipinski definition) is 9. The second-order valence-corrected chi connectivity index (χ2v) is 10.3. The summed E-state index contributed by atoms with van der Waals surface area (Å²) in [5.41, 5.74) is 17.1. The average molecular weight is 622 g/mol. The van der Waals surface area contributed by atoms with Crippen LogP contribution in [-0.4, -0.2) is 54.9 Å². The van der Waals surface area contributed by atoms with E-state index in [9.17, 15) is 19.2 Å². The van der Waals surface area contributed by atoms with Gasteiger partial charge in [0, 0.05) is 30.2 Å². The maximum Gasteiger partial charge on any atom is 0.351 e. The van der Waals surface area contributed by atoms with Crippen molar-refractivity contribution in [1.82, 2.24) is 16.0 Å². The van der Waals surface area contributed by atoms with Gasteiger partial charge in [-0.1, -0.05) is 30.3 Å². The summed E-state index contributed by atoms with van der Waals surface area (Å²) in [4.78, 5) is 51.6. The van der Waals surface area contributed by atoms with Crippen LogP contribution in [0, 0.1) is 17.7 Å². The molecule has 0 fully saturated rings. The number of benzene rings is 2. The van der Waals surface area contributed by atoms with E-state index in [1.54, 1.807) is 31.2 Å². The highest BCUT2D eigenvalue weighted by molar-refractivity contribution is 6.00. The van der Waals surface area contributed by atoms with Crippen LogP contribution in [0.15, 0.2) is 57.7 Å². The first kappa shape index (κ1) is 34.1. The Hall–Kier alpha value is -5.44. The number of esters is 1. The average Bonchev–Trinajstić information content (AvgIpc) is 2.99. The Balaban J connectivity index is 1.72. The molecule has 0 aliphatic carbocycles. The minimum atomic E-state index is -0.987. The lowest BCUT2D eigenvalue weighted by atomic mass is 10.1. The molecule has 0 saturated carbocycles. The molecule has 1 aromatic heterocycles. The van der Waals surface area contributed by atoms with E-state index >= 15 is 0 Å². The molecule has 0 radical (unpaired) electrons. The van der Waals surface area contributed by atoms with Crippen LogP contribution in [0.2, 0.25) is 0 Å². The Kier molecular flexibility index (Phi) is 12.4. The summed E-state index contributed by atoms with van der Waals surface area (Å²) in [7, 11) is 0. The van der Waals surface area contributed by atoms with E-state index in [1.807, 2.05) is 18.2 Å². The lowest BCUT2D eigenvalue weighted by Gasteiger charge is -2.21. The number of carbonyl (C=O) groups excluding carboxylic acids is 3. The number of amides is 2. The van der Waals surface area contributed by atoms with Crippen LogP contribution in [0.1, 0.15) is 47.2 Å². The van der Waals surface area contributed by atoms with Gasteiger partial charge in [-0.15, -0.1) is 0 Å². The van der Waals surface area contributed by atoms with E-state index in [4.69, 9.17) is 37.2 Å². The highest BCUT2D eigenvalue weighted by Gasteiger charge is 2.25. The number of nitrogens with one attached hydrogen (secondary N) is 6. The molecule has 12 N–H and O–H groups in total. The van der Waals surface area contributed by atoms with Crippen molar-refractivity contribution in [3.05, 3.63) is 75.6 Å². The molecule has 1 heterocycles. The summed E-state index contributed by atoms with van der Waals surface area (Å²) in [6.45, 7) is 2.27. The molecule has 15 nitrogen and oxygen atoms in total. The summed E-state index contributed by atoms with van der Waals surface area (Å²) < 4.78 is 10.8. The molecule has 0 bridgehead atoms. The van der Waals surface area contributed by atoms with Gasteiger partial charge in [-0.2, -0.15) is 0 Å². The van der Waals surface area contributed by atoms with E-state index in [-0.39, 0.29) is 48.2 Å². The summed E-state index contributed by atoms with van der Waals surface area (Å²) in [6, 6.07) is 11.8. The fourth-order valence-corrected chi connectivity index (χ4v) is 4.45. The number of hydrogen-bond donors (Lipinski definition) is 9. The molecule has 2 atom stereocenters. The SMILES string of the molecule is Cc1c(C(=O)OCc2ccccc2)c(=O)oc2cc(NC(=O)[C@H](CCCNC(=N)N)NC(=O)[C@@H](N)CCCNC(=N)N)ccc12. The lowest BCUT2D eigenvalue weighted by molar-refractivity contribution is -0.127. The molecule has 240 valence electrons. The van der Waals surface area contributed by atoms with Gasteiger partial charge in [0.25, 0.3) is 0 Å². The molecule has 2 amide bonds. The Morgan fingerprint density at radius 2 is 1.58 bits per heavy atom. The third kappa shape index (κ3) is 10.4. The highest BCUT2D eigenvalue weighted by atomic mass is 16.5. The largest absolute Gasteiger partial charge is 0.457 e. The number of anilines is 1. The first-order valence-electron chi connectivity index (χ1n) is 14.3. The van der Waals surface area contributed by atoms with E-state index in [2.05, 4.69) is 21.3 Å². The monoisotopic (exact) mass is 621 g/mol. The van der Waals surface area contributed by atoms with Crippen LogP contribution in [0.4, 0.5) is 5.69 Å². The van der Waals surface area contributed by atoms with Gasteiger partial charge >= 0.3 is 11.6 Å². The maximum atomic E-state index is 13.3. The lowest BCUT2D eigenvalue weighted by Crippen LogP contribution is -2.50. The number of guanidine groups is 2. The Morgan fingerprint density at radius 3 is 2.22 bits per heavy atom. The van der Waals surface area contributed by atoms with Gasteiger partial charge in [-0.25, -0.2) is 9.59 Å². The first-order chi connectivity index (χ1) is 21.5. The van der Waals surface area contributed by atoms with Crippen LogP contribution in [-0.2, 0) is 20.9 Å². The molecular weight excluding hydrogens is 582 g/mol. The van der Waals surface area contributed by atoms with E-state index in [1.165, 1.54) is 6.07 Å². The summed E-state index contributed by atoms with van der Waals surface area (Å²) in [6.07, 6.45) is 1.36. The van der Waals surface area contributed by atoms with Gasteiger partial charge in [0.15, 0.2) is 11.9 Å². The van der Waals surface area contributed by atoms with Crippen LogP contribution in [0.25, 0.3) is 11.0 Å². The van der Waals surface area contributed by atoms with Gasteiger partial charge in [-0.3, -0.25) is 20.4 Å². The molecule has 0 saturated heterocycles. The zero-order valence-corrected chi connectivity index (χ0v) is 24.9. The second kappa shape index (κ2) is 16.4. The molecule has 2 aromatic carbocycles. The zero-order valence-electron chi connectivity index (χ0n) is 24.9. The quantitative estimate of drug-likeness (QED) is 0.0375. The standard InChI is InChI=1S/C30H39N9O6/c1-17-20-12-11-19(15-23(20)45-28(43)24(17)27(42)44-16-18-7-3-2-4-8-18)38-26(41)22(10-6-14-37-30(34)35)39-25(40)21(31)9-5-13-36-29(32)33/h2-4,7-8,11-12,15,21-22H,5-6,9-10,13-14,16,31H2,1H3,(H,38,41)(H,39,40)(H4,32,33,36)(H4,34,35,37)/t21-,22-/m0/s1. The predicted octanol–water partition coefficient (Wildman–Crippen LogP) is 0.736. The number of aryl methyl sites for hydroxylation is 1. The van der Waals surface area contributed by atoms with E-state index in [0.717, 1.165) is 5.56 Å². The number of fused-ring (bicyclic) bond motifs is 1. The molecule has 0 aliphatic rings. The number of rotatable bonds is 15. The molecule has 45 heavy (non-hydrogen) atoms. The van der Waals surface area contributed by atoms with Crippen LogP contribution in [0.3, 0.4) is 0 Å². The van der Waals surface area contributed by atoms with Crippen molar-refractivity contribution in [1.29, 1.82) is 10.8 Å². The minimum absolute atomic E-state index is 0.00788. The van der Waals surface area contributed by atoms with Crippen molar-refractivity contribution in [3.8, 4) is 0 Å². The third-order valence-electron chi connectivity index (χ3n) is 6.81. The number of ether oxygens (including phenoxy) is 1. The highest BCUT2D eigenvalue weighted by Crippen LogP contribution is 2.24. The molecule has 0 spiro atoms. The Labute approximate surface area is 259 Å². The normalized spacial score (nSPS) is 12.0. The third-order valence-corrected chi connectivity index (χ3v) is 6.81. The van der Waals surface area contributed by atoms with E-state index in [0.29, 0.717) is 36.9 Å². The van der Waals surface area contributed by atoms with Crippen molar-refractivity contribution in [3.63, 3.8) is 0 Å². The second-order valence-electron chi connectivity index (χ2n) is 10.3. The fraction of sp³-hybridized carbons (Fsp3) is 0.333. The Morgan fingerprint density at radius 1 is 0.933 bits per heavy atom. The molecule has 0 unspecified atom stereocenters. The molecule has 3 rings (SSSR count). The summed E-state index contributed by atoms with van der Waals surface area (Å²) in [5.74, 6) is -2.30. The van der Waals surface area contributed by atoms with Crippen molar-refractivity contribution >= 4 is 46.4 Å². The van der Waals surface area contributed by atoms with Crippen LogP contribution in [0.5, 0.6) is 0 Å².